The number of nitrogens with one attached hydrogen (secondary N) is 1. The van der Waals surface area contributed by atoms with Gasteiger partial charge in [-0.25, -0.2) is 0 Å². The molecule has 0 spiro atoms. The van der Waals surface area contributed by atoms with Gasteiger partial charge in [-0.2, -0.15) is 0 Å². The van der Waals surface area contributed by atoms with E-state index >= 15 is 0 Å². The van der Waals surface area contributed by atoms with Crippen LogP contribution >= 0.6 is 12.2 Å². The zero-order chi connectivity index (χ0) is 15.5. The fraction of sp³-hybridized carbons (Fsp3) is 0.867. The second kappa shape index (κ2) is 6.58. The molecule has 5 nitrogen and oxygen atoms in total. The minimum absolute atomic E-state index is 0.0218. The number of thiocarbonyl (C=S) groups is 1. The van der Waals surface area contributed by atoms with E-state index in [4.69, 9.17) is 22.7 Å². The standard InChI is InChI=1S/C15H27N3O2S/c1-18(2)14(5-3-4-6-14)11-17-13(19)15(12(16)21)7-9-20-10-8-15/h3-11H2,1-2H3,(H2,16,21)(H,17,19). The molecule has 1 amide bonds. The summed E-state index contributed by atoms with van der Waals surface area (Å²) in [5.74, 6) is -0.0218. The Labute approximate surface area is 132 Å². The molecule has 0 radical (unpaired) electrons. The summed E-state index contributed by atoms with van der Waals surface area (Å²) in [5, 5.41) is 3.14. The number of rotatable bonds is 5. The Balaban J connectivity index is 2.04. The predicted molar refractivity (Wildman–Crippen MR) is 87.2 cm³/mol. The summed E-state index contributed by atoms with van der Waals surface area (Å²) in [6.07, 6.45) is 5.88. The van der Waals surface area contributed by atoms with Crippen LogP contribution in [0.15, 0.2) is 0 Å². The highest BCUT2D eigenvalue weighted by Gasteiger charge is 2.44. The summed E-state index contributed by atoms with van der Waals surface area (Å²) < 4.78 is 5.36. The third-order valence-corrected chi connectivity index (χ3v) is 5.70. The molecule has 0 aromatic rings. The first-order chi connectivity index (χ1) is 9.93. The largest absolute Gasteiger partial charge is 0.392 e. The van der Waals surface area contributed by atoms with Crippen molar-refractivity contribution in [2.75, 3.05) is 33.9 Å². The van der Waals surface area contributed by atoms with Gasteiger partial charge in [-0.15, -0.1) is 0 Å². The van der Waals surface area contributed by atoms with Crippen molar-refractivity contribution < 1.29 is 9.53 Å². The van der Waals surface area contributed by atoms with Crippen molar-refractivity contribution in [1.82, 2.24) is 10.2 Å². The number of nitrogens with zero attached hydrogens (tertiary/aromatic N) is 1. The summed E-state index contributed by atoms with van der Waals surface area (Å²) in [4.78, 5) is 15.3. The molecule has 120 valence electrons. The van der Waals surface area contributed by atoms with E-state index in [0.717, 1.165) is 12.8 Å². The van der Waals surface area contributed by atoms with Crippen molar-refractivity contribution in [2.24, 2.45) is 11.1 Å². The van der Waals surface area contributed by atoms with Gasteiger partial charge in [0.2, 0.25) is 5.91 Å². The van der Waals surface area contributed by atoms with Gasteiger partial charge < -0.3 is 20.7 Å². The number of carbonyl (C=O) groups is 1. The van der Waals surface area contributed by atoms with Crippen LogP contribution in [-0.4, -0.2) is 55.2 Å². The van der Waals surface area contributed by atoms with Gasteiger partial charge in [-0.1, -0.05) is 25.1 Å². The molecule has 1 aliphatic heterocycles. The van der Waals surface area contributed by atoms with Gasteiger partial charge in [0.1, 0.15) is 5.41 Å². The molecule has 0 atom stereocenters. The van der Waals surface area contributed by atoms with E-state index < -0.39 is 5.41 Å². The van der Waals surface area contributed by atoms with Crippen molar-refractivity contribution in [3.05, 3.63) is 0 Å². The Hall–Kier alpha value is -0.720. The van der Waals surface area contributed by atoms with Crippen LogP contribution in [0.1, 0.15) is 38.5 Å². The summed E-state index contributed by atoms with van der Waals surface area (Å²) >= 11 is 5.18. The number of hydrogen-bond donors (Lipinski definition) is 2. The molecule has 1 aliphatic carbocycles. The monoisotopic (exact) mass is 313 g/mol. The minimum Gasteiger partial charge on any atom is -0.392 e. The van der Waals surface area contributed by atoms with Gasteiger partial charge in [0.05, 0.1) is 4.99 Å². The smallest absolute Gasteiger partial charge is 0.233 e. The second-order valence-corrected chi connectivity index (χ2v) is 7.01. The Morgan fingerprint density at radius 1 is 1.24 bits per heavy atom. The fourth-order valence-corrected chi connectivity index (χ4v) is 3.83. The molecule has 1 saturated carbocycles. The van der Waals surface area contributed by atoms with Gasteiger partial charge in [-0.3, -0.25) is 4.79 Å². The summed E-state index contributed by atoms with van der Waals surface area (Å²) in [7, 11) is 4.19. The molecule has 0 aromatic carbocycles. The van der Waals surface area contributed by atoms with Gasteiger partial charge >= 0.3 is 0 Å². The first-order valence-electron chi connectivity index (χ1n) is 7.76. The van der Waals surface area contributed by atoms with Crippen molar-refractivity contribution >= 4 is 23.1 Å². The van der Waals surface area contributed by atoms with Crippen LogP contribution in [0.25, 0.3) is 0 Å². The van der Waals surface area contributed by atoms with E-state index in [1.165, 1.54) is 12.8 Å². The summed E-state index contributed by atoms with van der Waals surface area (Å²) in [6.45, 7) is 1.76. The Morgan fingerprint density at radius 3 is 2.29 bits per heavy atom. The molecule has 21 heavy (non-hydrogen) atoms. The first kappa shape index (κ1) is 16.6. The molecule has 3 N–H and O–H groups in total. The van der Waals surface area contributed by atoms with E-state index in [2.05, 4.69) is 24.3 Å². The molecular formula is C15H27N3O2S. The number of nitrogens with two attached hydrogens (primary N) is 1. The quantitative estimate of drug-likeness (QED) is 0.743. The van der Waals surface area contributed by atoms with Gasteiger partial charge in [0, 0.05) is 25.3 Å². The third kappa shape index (κ3) is 3.22. The second-order valence-electron chi connectivity index (χ2n) is 6.57. The molecule has 0 unspecified atom stereocenters. The van der Waals surface area contributed by atoms with Gasteiger partial charge in [0.15, 0.2) is 0 Å². The van der Waals surface area contributed by atoms with Crippen LogP contribution in [0.2, 0.25) is 0 Å². The fourth-order valence-electron chi connectivity index (χ4n) is 3.53. The molecule has 0 bridgehead atoms. The maximum Gasteiger partial charge on any atom is 0.233 e. The molecule has 1 heterocycles. The zero-order valence-corrected chi connectivity index (χ0v) is 13.9. The highest BCUT2D eigenvalue weighted by atomic mass is 32.1. The normalized spacial score (nSPS) is 24.0. The lowest BCUT2D eigenvalue weighted by atomic mass is 9.79. The summed E-state index contributed by atoms with van der Waals surface area (Å²) in [5.41, 5.74) is 5.24. The van der Waals surface area contributed by atoms with Crippen LogP contribution < -0.4 is 11.1 Å². The highest BCUT2D eigenvalue weighted by molar-refractivity contribution is 7.80. The zero-order valence-electron chi connectivity index (χ0n) is 13.1. The van der Waals surface area contributed by atoms with Crippen LogP contribution in [0.4, 0.5) is 0 Å². The van der Waals surface area contributed by atoms with Crippen molar-refractivity contribution in [3.63, 3.8) is 0 Å². The number of amides is 1. The van der Waals surface area contributed by atoms with E-state index in [0.29, 0.717) is 37.6 Å². The Morgan fingerprint density at radius 2 is 1.81 bits per heavy atom. The van der Waals surface area contributed by atoms with Crippen molar-refractivity contribution in [3.8, 4) is 0 Å². The average Bonchev–Trinajstić information content (AvgIpc) is 2.95. The Kier molecular flexibility index (Phi) is 5.22. The maximum atomic E-state index is 12.7. The van der Waals surface area contributed by atoms with E-state index in [1.54, 1.807) is 0 Å². The predicted octanol–water partition coefficient (Wildman–Crippen LogP) is 1.06. The van der Waals surface area contributed by atoms with Crippen molar-refractivity contribution in [1.29, 1.82) is 0 Å². The van der Waals surface area contributed by atoms with E-state index in [9.17, 15) is 4.79 Å². The molecule has 6 heteroatoms. The van der Waals surface area contributed by atoms with Crippen molar-refractivity contribution in [2.45, 2.75) is 44.1 Å². The highest BCUT2D eigenvalue weighted by Crippen LogP contribution is 2.35. The number of hydrogen-bond acceptors (Lipinski definition) is 4. The van der Waals surface area contributed by atoms with Crippen LogP contribution in [0.5, 0.6) is 0 Å². The van der Waals surface area contributed by atoms with Crippen LogP contribution in [-0.2, 0) is 9.53 Å². The average molecular weight is 313 g/mol. The molecule has 1 saturated heterocycles. The molecule has 2 fully saturated rings. The lowest BCUT2D eigenvalue weighted by Crippen LogP contribution is -2.57. The SMILES string of the molecule is CN(C)C1(CNC(=O)C2(C(N)=S)CCOCC2)CCCC1. The van der Waals surface area contributed by atoms with Gasteiger partial charge in [-0.05, 0) is 39.8 Å². The Bertz CT molecular complexity index is 400. The third-order valence-electron chi connectivity index (χ3n) is 5.31. The number of ether oxygens (including phenoxy) is 1. The molecule has 0 aromatic heterocycles. The van der Waals surface area contributed by atoms with E-state index in [1.807, 2.05) is 0 Å². The first-order valence-corrected chi connectivity index (χ1v) is 8.17. The lowest BCUT2D eigenvalue weighted by molar-refractivity contribution is -0.132. The number of carbonyl (C=O) groups excluding carboxylic acids is 1. The summed E-state index contributed by atoms with van der Waals surface area (Å²) in [6, 6.07) is 0. The number of likely N-dealkylation sites (N-methyl/N-ethyl adjacent to an activating group) is 1. The topological polar surface area (TPSA) is 67.6 Å². The lowest BCUT2D eigenvalue weighted by Gasteiger charge is -2.39. The van der Waals surface area contributed by atoms with Gasteiger partial charge in [0.25, 0.3) is 0 Å². The van der Waals surface area contributed by atoms with E-state index in [-0.39, 0.29) is 11.4 Å². The molecular weight excluding hydrogens is 286 g/mol. The van der Waals surface area contributed by atoms with Crippen LogP contribution in [0, 0.1) is 5.41 Å². The molecule has 2 aliphatic rings. The maximum absolute atomic E-state index is 12.7. The minimum atomic E-state index is -0.723. The van der Waals surface area contributed by atoms with Crippen LogP contribution in [0.3, 0.4) is 0 Å². The molecule has 2 rings (SSSR count).